The van der Waals surface area contributed by atoms with Crippen molar-refractivity contribution in [1.82, 2.24) is 14.7 Å². The van der Waals surface area contributed by atoms with E-state index < -0.39 is 5.60 Å². The van der Waals surface area contributed by atoms with Gasteiger partial charge in [-0.25, -0.2) is 9.38 Å². The molecule has 0 bridgehead atoms. The molecular formula is C41H46FN5O3S. The molecule has 4 aromatic rings. The Labute approximate surface area is 305 Å². The Balaban J connectivity index is 0.000000177. The smallest absolute Gasteiger partial charge is 0.137 e. The molecule has 1 saturated heterocycles. The standard InChI is InChI=1S/C21H25N3O2S.C20H21FN2O/c25-14-16-26-15-13-23-9-11-24(12-10-23)21-17-5-1-3-7-19(17)27-20-8-4-2-6-18(20)22-21;1-23(2)11-3-10-20(17-5-7-18(21)8-6-17)19-9-4-15(13-22)12-16(19)14-24-20/h1-8,25H,9-16H2;4-9,12H,3,10-11,14H2,1-2H3/t;20-/m.0/s1. The molecule has 8 nitrogen and oxygen atoms in total. The Morgan fingerprint density at radius 1 is 0.961 bits per heavy atom. The van der Waals surface area contributed by atoms with E-state index in [0.717, 1.165) is 80.3 Å². The molecule has 3 aliphatic rings. The van der Waals surface area contributed by atoms with Gasteiger partial charge >= 0.3 is 0 Å². The van der Waals surface area contributed by atoms with Crippen molar-refractivity contribution >= 4 is 23.3 Å². The van der Waals surface area contributed by atoms with E-state index >= 15 is 0 Å². The Bertz CT molecular complexity index is 1840. The number of aliphatic imine (C=N–C) groups is 1. The molecule has 51 heavy (non-hydrogen) atoms. The van der Waals surface area contributed by atoms with Gasteiger partial charge in [-0.05, 0) is 92.6 Å². The number of aliphatic hydroxyl groups excluding tert-OH is 1. The molecule has 3 aliphatic heterocycles. The molecule has 3 heterocycles. The molecule has 0 amide bonds. The third-order valence-corrected chi connectivity index (χ3v) is 10.6. The van der Waals surface area contributed by atoms with Crippen LogP contribution in [0.4, 0.5) is 10.1 Å². The van der Waals surface area contributed by atoms with Crippen LogP contribution in [-0.4, -0.2) is 98.8 Å². The van der Waals surface area contributed by atoms with Gasteiger partial charge in [-0.1, -0.05) is 60.3 Å². The van der Waals surface area contributed by atoms with Crippen LogP contribution in [0, 0.1) is 17.1 Å². The number of rotatable bonds is 10. The minimum Gasteiger partial charge on any atom is -0.394 e. The molecular weight excluding hydrogens is 662 g/mol. The number of piperazine rings is 1. The predicted octanol–water partition coefficient (Wildman–Crippen LogP) is 6.67. The molecule has 266 valence electrons. The van der Waals surface area contributed by atoms with E-state index in [1.54, 1.807) is 23.9 Å². The van der Waals surface area contributed by atoms with Crippen molar-refractivity contribution in [3.63, 3.8) is 0 Å². The zero-order chi connectivity index (χ0) is 35.6. The molecule has 10 heteroatoms. The van der Waals surface area contributed by atoms with Gasteiger partial charge in [0.25, 0.3) is 0 Å². The Hall–Kier alpha value is -4.08. The van der Waals surface area contributed by atoms with Crippen LogP contribution in [-0.2, 0) is 21.7 Å². The lowest BCUT2D eigenvalue weighted by atomic mass is 9.81. The third-order valence-electron chi connectivity index (χ3n) is 9.49. The molecule has 1 fully saturated rings. The zero-order valence-electron chi connectivity index (χ0n) is 29.4. The number of nitriles is 1. The fraction of sp³-hybridized carbons (Fsp3) is 0.366. The minimum absolute atomic E-state index is 0.0898. The van der Waals surface area contributed by atoms with E-state index in [4.69, 9.17) is 24.8 Å². The summed E-state index contributed by atoms with van der Waals surface area (Å²) < 4.78 is 25.0. The molecule has 4 aromatic carbocycles. The van der Waals surface area contributed by atoms with Crippen LogP contribution in [0.15, 0.2) is 106 Å². The normalized spacial score (nSPS) is 18.1. The summed E-state index contributed by atoms with van der Waals surface area (Å²) in [5, 5.41) is 17.9. The van der Waals surface area contributed by atoms with Crippen molar-refractivity contribution in [2.45, 2.75) is 34.8 Å². The van der Waals surface area contributed by atoms with Crippen LogP contribution >= 0.6 is 11.8 Å². The number of aliphatic hydroxyl groups is 1. The van der Waals surface area contributed by atoms with Gasteiger partial charge < -0.3 is 24.4 Å². The highest BCUT2D eigenvalue weighted by molar-refractivity contribution is 7.99. The summed E-state index contributed by atoms with van der Waals surface area (Å²) in [5.74, 6) is 0.833. The summed E-state index contributed by atoms with van der Waals surface area (Å²) in [5.41, 5.74) is 5.45. The number of amidine groups is 1. The lowest BCUT2D eigenvalue weighted by molar-refractivity contribution is -0.0140. The molecule has 1 N–H and O–H groups in total. The number of fused-ring (bicyclic) bond motifs is 3. The topological polar surface area (TPSA) is 84.6 Å². The van der Waals surface area contributed by atoms with E-state index in [-0.39, 0.29) is 12.4 Å². The monoisotopic (exact) mass is 707 g/mol. The van der Waals surface area contributed by atoms with E-state index in [1.165, 1.54) is 27.5 Å². The molecule has 0 unspecified atom stereocenters. The highest BCUT2D eigenvalue weighted by Gasteiger charge is 2.41. The second-order valence-corrected chi connectivity index (χ2v) is 14.3. The Kier molecular flexibility index (Phi) is 12.5. The molecule has 0 radical (unpaired) electrons. The second-order valence-electron chi connectivity index (χ2n) is 13.2. The fourth-order valence-corrected chi connectivity index (χ4v) is 7.88. The molecule has 1 atom stereocenters. The van der Waals surface area contributed by atoms with E-state index in [1.807, 2.05) is 32.3 Å². The summed E-state index contributed by atoms with van der Waals surface area (Å²) in [6.07, 6.45) is 1.78. The Morgan fingerprint density at radius 2 is 1.71 bits per heavy atom. The fourth-order valence-electron chi connectivity index (χ4n) is 6.86. The molecule has 0 aliphatic carbocycles. The van der Waals surface area contributed by atoms with Crippen LogP contribution in [0.25, 0.3) is 0 Å². The summed E-state index contributed by atoms with van der Waals surface area (Å²) >= 11 is 1.80. The maximum Gasteiger partial charge on any atom is 0.137 e. The van der Waals surface area contributed by atoms with Crippen LogP contribution in [0.2, 0.25) is 0 Å². The van der Waals surface area contributed by atoms with E-state index in [0.29, 0.717) is 25.4 Å². The summed E-state index contributed by atoms with van der Waals surface area (Å²) in [4.78, 5) is 14.5. The number of nitrogens with zero attached hydrogens (tertiary/aromatic N) is 5. The van der Waals surface area contributed by atoms with Crippen molar-refractivity contribution in [1.29, 1.82) is 5.26 Å². The van der Waals surface area contributed by atoms with Crippen LogP contribution in [0.3, 0.4) is 0 Å². The van der Waals surface area contributed by atoms with Crippen LogP contribution in [0.1, 0.15) is 40.7 Å². The highest BCUT2D eigenvalue weighted by atomic mass is 32.2. The molecule has 7 rings (SSSR count). The van der Waals surface area contributed by atoms with Crippen molar-refractivity contribution in [2.24, 2.45) is 4.99 Å². The van der Waals surface area contributed by atoms with Gasteiger partial charge in [0.1, 0.15) is 17.3 Å². The summed E-state index contributed by atoms with van der Waals surface area (Å²) in [7, 11) is 4.10. The van der Waals surface area contributed by atoms with Gasteiger partial charge in [-0.15, -0.1) is 0 Å². The first kappa shape index (κ1) is 36.7. The number of hydrogen-bond acceptors (Lipinski definition) is 9. The minimum atomic E-state index is -0.562. The SMILES string of the molecule is CN(C)CCC[C@@]1(c2ccc(F)cc2)OCc2cc(C#N)ccc21.OCCOCCN1CCN(C2=Nc3ccccc3Sc3ccccc32)CC1. The lowest BCUT2D eigenvalue weighted by Crippen LogP contribution is -2.49. The van der Waals surface area contributed by atoms with Crippen molar-refractivity contribution in [3.8, 4) is 6.07 Å². The number of halogens is 1. The molecule has 0 spiro atoms. The van der Waals surface area contributed by atoms with Gasteiger partial charge in [-0.3, -0.25) is 4.90 Å². The molecule has 0 saturated carbocycles. The maximum absolute atomic E-state index is 13.4. The van der Waals surface area contributed by atoms with Gasteiger partial charge in [-0.2, -0.15) is 5.26 Å². The van der Waals surface area contributed by atoms with E-state index in [2.05, 4.69) is 69.3 Å². The lowest BCUT2D eigenvalue weighted by Gasteiger charge is -2.36. The average molecular weight is 708 g/mol. The second kappa shape index (κ2) is 17.4. The van der Waals surface area contributed by atoms with E-state index in [9.17, 15) is 4.39 Å². The first-order valence-corrected chi connectivity index (χ1v) is 18.4. The van der Waals surface area contributed by atoms with Gasteiger partial charge in [0.2, 0.25) is 0 Å². The number of ether oxygens (including phenoxy) is 2. The first-order chi connectivity index (χ1) is 24.9. The zero-order valence-corrected chi connectivity index (χ0v) is 30.2. The summed E-state index contributed by atoms with van der Waals surface area (Å²) in [6, 6.07) is 31.4. The third kappa shape index (κ3) is 8.87. The quantitative estimate of drug-likeness (QED) is 0.183. The first-order valence-electron chi connectivity index (χ1n) is 17.6. The van der Waals surface area contributed by atoms with Gasteiger partial charge in [0.05, 0.1) is 43.7 Å². The number of hydrogen-bond donors (Lipinski definition) is 1. The Morgan fingerprint density at radius 3 is 2.45 bits per heavy atom. The van der Waals surface area contributed by atoms with Gasteiger partial charge in [0, 0.05) is 48.1 Å². The predicted molar refractivity (Wildman–Crippen MR) is 200 cm³/mol. The van der Waals surface area contributed by atoms with Crippen molar-refractivity contribution in [2.75, 3.05) is 73.2 Å². The van der Waals surface area contributed by atoms with Crippen LogP contribution < -0.4 is 0 Å². The van der Waals surface area contributed by atoms with Crippen molar-refractivity contribution < 1.29 is 19.0 Å². The largest absolute Gasteiger partial charge is 0.394 e. The van der Waals surface area contributed by atoms with Gasteiger partial charge in [0.15, 0.2) is 0 Å². The average Bonchev–Trinajstić information content (AvgIpc) is 3.43. The summed E-state index contributed by atoms with van der Waals surface area (Å²) in [6.45, 7) is 7.44. The number of para-hydroxylation sites is 1. The van der Waals surface area contributed by atoms with Crippen LogP contribution in [0.5, 0.6) is 0 Å². The maximum atomic E-state index is 13.4. The molecule has 0 aromatic heterocycles. The van der Waals surface area contributed by atoms with Crippen molar-refractivity contribution in [3.05, 3.63) is 125 Å². The number of benzene rings is 4. The highest BCUT2D eigenvalue weighted by Crippen LogP contribution is 2.46.